The van der Waals surface area contributed by atoms with Gasteiger partial charge in [-0.05, 0) is 52.3 Å². The van der Waals surface area contributed by atoms with Gasteiger partial charge in [0.05, 0.1) is 20.0 Å². The lowest BCUT2D eigenvalue weighted by atomic mass is 10.2. The molecule has 3 aromatic rings. The van der Waals surface area contributed by atoms with E-state index in [2.05, 4.69) is 21.4 Å². The van der Waals surface area contributed by atoms with E-state index in [1.807, 2.05) is 66.7 Å². The third-order valence-electron chi connectivity index (χ3n) is 3.78. The van der Waals surface area contributed by atoms with Crippen LogP contribution in [0.2, 0.25) is 0 Å². The van der Waals surface area contributed by atoms with Gasteiger partial charge in [0.1, 0.15) is 6.54 Å². The quantitative estimate of drug-likeness (QED) is 0.572. The van der Waals surface area contributed by atoms with Crippen LogP contribution in [0.3, 0.4) is 0 Å². The Balaban J connectivity index is 1.72. The summed E-state index contributed by atoms with van der Waals surface area (Å²) < 4.78 is 0.878. The first-order valence-corrected chi connectivity index (χ1v) is 9.86. The number of hydrogen-bond acceptors (Lipinski definition) is 4. The van der Waals surface area contributed by atoms with Crippen molar-refractivity contribution in [1.29, 1.82) is 0 Å². The summed E-state index contributed by atoms with van der Waals surface area (Å²) in [4.78, 5) is 27.0. The third kappa shape index (κ3) is 4.96. The van der Waals surface area contributed by atoms with E-state index in [1.54, 1.807) is 18.1 Å². The molecular weight excluding hydrogens is 426 g/mol. The number of thiophene rings is 1. The van der Waals surface area contributed by atoms with E-state index in [1.165, 1.54) is 16.2 Å². The van der Waals surface area contributed by atoms with Gasteiger partial charge in [-0.25, -0.2) is 0 Å². The van der Waals surface area contributed by atoms with Crippen molar-refractivity contribution >= 4 is 50.5 Å². The summed E-state index contributed by atoms with van der Waals surface area (Å²) in [6.07, 6.45) is 0. The zero-order valence-corrected chi connectivity index (χ0v) is 17.0. The van der Waals surface area contributed by atoms with Gasteiger partial charge in [-0.3, -0.25) is 20.0 Å². The molecule has 0 spiro atoms. The molecule has 5 nitrogen and oxygen atoms in total. The van der Waals surface area contributed by atoms with Crippen molar-refractivity contribution in [3.63, 3.8) is 0 Å². The summed E-state index contributed by atoms with van der Waals surface area (Å²) in [5.74, 6) is -0.471. The SMILES string of the molecule is CN(CC(=O)NN(c1ccccc1)c1ccccc1)C(=O)c1ccc(Br)s1. The Morgan fingerprint density at radius 2 is 1.48 bits per heavy atom. The molecular formula is C20H18BrN3O2S. The number of para-hydroxylation sites is 2. The average molecular weight is 444 g/mol. The zero-order valence-electron chi connectivity index (χ0n) is 14.6. The summed E-state index contributed by atoms with van der Waals surface area (Å²) in [5, 5.41) is 1.71. The molecule has 1 N–H and O–H groups in total. The molecule has 27 heavy (non-hydrogen) atoms. The van der Waals surface area contributed by atoms with Crippen LogP contribution in [0.15, 0.2) is 76.6 Å². The molecule has 138 valence electrons. The van der Waals surface area contributed by atoms with E-state index in [-0.39, 0.29) is 18.4 Å². The Bertz CT molecular complexity index is 876. The smallest absolute Gasteiger partial charge is 0.264 e. The number of halogens is 1. The number of hydrogen-bond donors (Lipinski definition) is 1. The van der Waals surface area contributed by atoms with Crippen molar-refractivity contribution in [2.75, 3.05) is 18.6 Å². The topological polar surface area (TPSA) is 52.7 Å². The minimum atomic E-state index is -0.283. The number of nitrogens with one attached hydrogen (secondary N) is 1. The predicted molar refractivity (Wildman–Crippen MR) is 112 cm³/mol. The number of hydrazine groups is 1. The van der Waals surface area contributed by atoms with Crippen molar-refractivity contribution in [3.05, 3.63) is 81.5 Å². The number of carbonyl (C=O) groups is 2. The average Bonchev–Trinajstić information content (AvgIpc) is 3.13. The Morgan fingerprint density at radius 1 is 0.926 bits per heavy atom. The first kappa shape index (κ1) is 19.1. The van der Waals surface area contributed by atoms with E-state index >= 15 is 0 Å². The Kier molecular flexibility index (Phi) is 6.26. The molecule has 0 aliphatic rings. The van der Waals surface area contributed by atoms with Gasteiger partial charge in [0.25, 0.3) is 11.8 Å². The second kappa shape index (κ2) is 8.83. The number of likely N-dealkylation sites (N-methyl/N-ethyl adjacent to an activating group) is 1. The molecule has 3 rings (SSSR count). The summed E-state index contributed by atoms with van der Waals surface area (Å²) in [6, 6.07) is 22.6. The van der Waals surface area contributed by atoms with Gasteiger partial charge in [-0.15, -0.1) is 11.3 Å². The first-order valence-electron chi connectivity index (χ1n) is 8.25. The molecule has 2 aromatic carbocycles. The van der Waals surface area contributed by atoms with Crippen LogP contribution in [0.1, 0.15) is 9.67 Å². The van der Waals surface area contributed by atoms with Crippen molar-refractivity contribution in [1.82, 2.24) is 10.3 Å². The minimum absolute atomic E-state index is 0.0511. The van der Waals surface area contributed by atoms with E-state index in [9.17, 15) is 9.59 Å². The van der Waals surface area contributed by atoms with E-state index in [0.717, 1.165) is 15.2 Å². The molecule has 0 atom stereocenters. The van der Waals surface area contributed by atoms with Crippen molar-refractivity contribution in [2.24, 2.45) is 0 Å². The van der Waals surface area contributed by atoms with Gasteiger partial charge < -0.3 is 4.90 Å². The highest BCUT2D eigenvalue weighted by molar-refractivity contribution is 9.11. The van der Waals surface area contributed by atoms with Crippen LogP contribution < -0.4 is 10.4 Å². The molecule has 0 fully saturated rings. The Labute approximate surface area is 170 Å². The van der Waals surface area contributed by atoms with Crippen LogP contribution in [0.25, 0.3) is 0 Å². The summed E-state index contributed by atoms with van der Waals surface area (Å²) in [7, 11) is 1.62. The minimum Gasteiger partial charge on any atom is -0.332 e. The second-order valence-electron chi connectivity index (χ2n) is 5.81. The highest BCUT2D eigenvalue weighted by Crippen LogP contribution is 2.24. The maximum absolute atomic E-state index is 12.6. The van der Waals surface area contributed by atoms with Gasteiger partial charge >= 0.3 is 0 Å². The fourth-order valence-corrected chi connectivity index (χ4v) is 3.88. The van der Waals surface area contributed by atoms with Gasteiger partial charge in [0.2, 0.25) is 0 Å². The van der Waals surface area contributed by atoms with Crippen LogP contribution in [0.4, 0.5) is 11.4 Å². The Hall–Kier alpha value is -2.64. The van der Waals surface area contributed by atoms with Crippen LogP contribution in [-0.4, -0.2) is 30.3 Å². The highest BCUT2D eigenvalue weighted by atomic mass is 79.9. The van der Waals surface area contributed by atoms with Crippen LogP contribution >= 0.6 is 27.3 Å². The molecule has 0 aliphatic carbocycles. The molecule has 2 amide bonds. The standard InChI is InChI=1S/C20H18BrN3O2S/c1-23(20(26)17-12-13-18(21)27-17)14-19(25)22-24(15-8-4-2-5-9-15)16-10-6-3-7-11-16/h2-13H,14H2,1H3,(H,22,25). The largest absolute Gasteiger partial charge is 0.332 e. The first-order chi connectivity index (χ1) is 13.0. The van der Waals surface area contributed by atoms with Crippen LogP contribution in [0.5, 0.6) is 0 Å². The number of rotatable bonds is 6. The second-order valence-corrected chi connectivity index (χ2v) is 8.27. The number of benzene rings is 2. The van der Waals surface area contributed by atoms with Crippen molar-refractivity contribution in [2.45, 2.75) is 0 Å². The van der Waals surface area contributed by atoms with Gasteiger partial charge in [-0.2, -0.15) is 0 Å². The normalized spacial score (nSPS) is 10.3. The monoisotopic (exact) mass is 443 g/mol. The number of anilines is 2. The van der Waals surface area contributed by atoms with Gasteiger partial charge in [-0.1, -0.05) is 36.4 Å². The fourth-order valence-electron chi connectivity index (χ4n) is 2.50. The lowest BCUT2D eigenvalue weighted by molar-refractivity contribution is -0.121. The van der Waals surface area contributed by atoms with Gasteiger partial charge in [0, 0.05) is 7.05 Å². The van der Waals surface area contributed by atoms with Gasteiger partial charge in [0.15, 0.2) is 0 Å². The fraction of sp³-hybridized carbons (Fsp3) is 0.100. The highest BCUT2D eigenvalue weighted by Gasteiger charge is 2.19. The molecule has 0 saturated heterocycles. The lowest BCUT2D eigenvalue weighted by Gasteiger charge is -2.26. The summed E-state index contributed by atoms with van der Waals surface area (Å²) >= 11 is 4.69. The van der Waals surface area contributed by atoms with Crippen LogP contribution in [-0.2, 0) is 4.79 Å². The van der Waals surface area contributed by atoms with E-state index in [4.69, 9.17) is 0 Å². The molecule has 0 bridgehead atoms. The maximum Gasteiger partial charge on any atom is 0.264 e. The molecule has 0 aliphatic heterocycles. The lowest BCUT2D eigenvalue weighted by Crippen LogP contribution is -2.45. The molecule has 1 aromatic heterocycles. The third-order valence-corrected chi connectivity index (χ3v) is 5.39. The maximum atomic E-state index is 12.6. The zero-order chi connectivity index (χ0) is 19.2. The van der Waals surface area contributed by atoms with E-state index < -0.39 is 0 Å². The van der Waals surface area contributed by atoms with Crippen LogP contribution in [0, 0.1) is 0 Å². The molecule has 0 radical (unpaired) electrons. The number of nitrogens with zero attached hydrogens (tertiary/aromatic N) is 2. The summed E-state index contributed by atoms with van der Waals surface area (Å²) in [6.45, 7) is -0.0511. The molecule has 0 unspecified atom stereocenters. The number of carbonyl (C=O) groups excluding carboxylic acids is 2. The molecule has 0 saturated carbocycles. The van der Waals surface area contributed by atoms with Crippen molar-refractivity contribution < 1.29 is 9.59 Å². The van der Waals surface area contributed by atoms with Crippen molar-refractivity contribution in [3.8, 4) is 0 Å². The summed E-state index contributed by atoms with van der Waals surface area (Å²) in [5.41, 5.74) is 4.54. The Morgan fingerprint density at radius 3 is 1.96 bits per heavy atom. The number of amides is 2. The molecule has 7 heteroatoms. The predicted octanol–water partition coefficient (Wildman–Crippen LogP) is 4.45. The molecule has 1 heterocycles. The van der Waals surface area contributed by atoms with E-state index in [0.29, 0.717) is 4.88 Å².